The van der Waals surface area contributed by atoms with Crippen LogP contribution < -0.4 is 0 Å². The summed E-state index contributed by atoms with van der Waals surface area (Å²) in [7, 11) is 1.57. The van der Waals surface area contributed by atoms with E-state index in [-0.39, 0.29) is 5.97 Å². The molecule has 0 atom stereocenters. The summed E-state index contributed by atoms with van der Waals surface area (Å²) in [5.74, 6) is 0.244. The first kappa shape index (κ1) is 9.78. The molecular formula is C6H12O3S. The van der Waals surface area contributed by atoms with Crippen LogP contribution >= 0.6 is 11.8 Å². The van der Waals surface area contributed by atoms with E-state index in [1.807, 2.05) is 6.26 Å². The van der Waals surface area contributed by atoms with Crippen LogP contribution in [0.3, 0.4) is 0 Å². The number of hydrogen-bond acceptors (Lipinski definition) is 4. The number of carbonyl (C=O) groups is 1. The van der Waals surface area contributed by atoms with Gasteiger partial charge >= 0.3 is 5.97 Å². The van der Waals surface area contributed by atoms with Crippen molar-refractivity contribution in [3.05, 3.63) is 0 Å². The Bertz CT molecular complexity index is 95.0. The Kier molecular flexibility index (Phi) is 6.74. The summed E-state index contributed by atoms with van der Waals surface area (Å²) < 4.78 is 9.42. The first-order valence-corrected chi connectivity index (χ1v) is 4.34. The van der Waals surface area contributed by atoms with E-state index in [1.54, 1.807) is 7.11 Å². The van der Waals surface area contributed by atoms with Crippen molar-refractivity contribution in [2.75, 3.05) is 32.3 Å². The van der Waals surface area contributed by atoms with Gasteiger partial charge in [-0.25, -0.2) is 0 Å². The molecule has 0 heterocycles. The van der Waals surface area contributed by atoms with Crippen LogP contribution in [0.2, 0.25) is 0 Å². The quantitative estimate of drug-likeness (QED) is 0.439. The molecule has 0 aromatic heterocycles. The molecule has 0 bridgehead atoms. The summed E-state index contributed by atoms with van der Waals surface area (Å²) in [5.41, 5.74) is 0. The molecule has 0 saturated heterocycles. The molecule has 0 aromatic carbocycles. The largest absolute Gasteiger partial charge is 0.463 e. The second-order valence-corrected chi connectivity index (χ2v) is 2.51. The third kappa shape index (κ3) is 5.91. The maximum absolute atomic E-state index is 10.6. The molecule has 0 aliphatic heterocycles. The first-order chi connectivity index (χ1) is 4.81. The number of carbonyl (C=O) groups excluding carboxylic acids is 1. The van der Waals surface area contributed by atoms with Crippen molar-refractivity contribution in [1.29, 1.82) is 0 Å². The molecule has 60 valence electrons. The van der Waals surface area contributed by atoms with E-state index in [9.17, 15) is 4.79 Å². The summed E-state index contributed by atoms with van der Waals surface area (Å²) in [6.45, 7) is 0.829. The average molecular weight is 164 g/mol. The van der Waals surface area contributed by atoms with Gasteiger partial charge in [0.25, 0.3) is 0 Å². The van der Waals surface area contributed by atoms with Gasteiger partial charge in [-0.05, 0) is 6.26 Å². The summed E-state index contributed by atoms with van der Waals surface area (Å²) in [6.07, 6.45) is 1.86. The topological polar surface area (TPSA) is 35.5 Å². The van der Waals surface area contributed by atoms with E-state index in [4.69, 9.17) is 4.74 Å². The SMILES string of the molecule is COCCOC(=O)CSC. The molecule has 0 amide bonds. The molecule has 0 fully saturated rings. The highest BCUT2D eigenvalue weighted by Crippen LogP contribution is 1.92. The predicted octanol–water partition coefficient (Wildman–Crippen LogP) is 0.539. The molecule has 3 nitrogen and oxygen atoms in total. The van der Waals surface area contributed by atoms with Gasteiger partial charge in [0.2, 0.25) is 0 Å². The van der Waals surface area contributed by atoms with Crippen molar-refractivity contribution < 1.29 is 14.3 Å². The van der Waals surface area contributed by atoms with Crippen molar-refractivity contribution in [1.82, 2.24) is 0 Å². The van der Waals surface area contributed by atoms with Crippen molar-refractivity contribution in [3.8, 4) is 0 Å². The minimum absolute atomic E-state index is 0.176. The smallest absolute Gasteiger partial charge is 0.315 e. The zero-order valence-corrected chi connectivity index (χ0v) is 7.07. The van der Waals surface area contributed by atoms with E-state index < -0.39 is 0 Å². The van der Waals surface area contributed by atoms with Gasteiger partial charge in [-0.2, -0.15) is 11.8 Å². The highest BCUT2D eigenvalue weighted by atomic mass is 32.2. The minimum Gasteiger partial charge on any atom is -0.463 e. The van der Waals surface area contributed by atoms with E-state index >= 15 is 0 Å². The number of methoxy groups -OCH3 is 1. The van der Waals surface area contributed by atoms with Crippen LogP contribution in [-0.4, -0.2) is 38.3 Å². The normalized spacial score (nSPS) is 9.40. The van der Waals surface area contributed by atoms with E-state index in [2.05, 4.69) is 4.74 Å². The lowest BCUT2D eigenvalue weighted by Crippen LogP contribution is -2.11. The molecule has 0 radical (unpaired) electrons. The van der Waals surface area contributed by atoms with Crippen LogP contribution in [0.4, 0.5) is 0 Å². The van der Waals surface area contributed by atoms with Crippen molar-refractivity contribution in [2.45, 2.75) is 0 Å². The Balaban J connectivity index is 3.05. The fraction of sp³-hybridized carbons (Fsp3) is 0.833. The number of hydrogen-bond donors (Lipinski definition) is 0. The second kappa shape index (κ2) is 6.89. The lowest BCUT2D eigenvalue weighted by molar-refractivity contribution is -0.141. The molecular weight excluding hydrogens is 152 g/mol. The van der Waals surface area contributed by atoms with Crippen molar-refractivity contribution in [3.63, 3.8) is 0 Å². The van der Waals surface area contributed by atoms with Gasteiger partial charge in [-0.3, -0.25) is 4.79 Å². The lowest BCUT2D eigenvalue weighted by Gasteiger charge is -2.01. The Morgan fingerprint density at radius 3 is 2.70 bits per heavy atom. The average Bonchev–Trinajstić information content (AvgIpc) is 1.89. The molecule has 0 spiro atoms. The lowest BCUT2D eigenvalue weighted by atomic mass is 10.7. The molecule has 10 heavy (non-hydrogen) atoms. The van der Waals surface area contributed by atoms with Gasteiger partial charge in [0.1, 0.15) is 6.61 Å². The van der Waals surface area contributed by atoms with Gasteiger partial charge in [0, 0.05) is 7.11 Å². The molecule has 0 aliphatic rings. The Morgan fingerprint density at radius 2 is 2.20 bits per heavy atom. The van der Waals surface area contributed by atoms with Crippen LogP contribution in [-0.2, 0) is 14.3 Å². The molecule has 0 unspecified atom stereocenters. The maximum atomic E-state index is 10.6. The third-order valence-electron chi connectivity index (χ3n) is 0.813. The van der Waals surface area contributed by atoms with Crippen LogP contribution in [0.5, 0.6) is 0 Å². The van der Waals surface area contributed by atoms with E-state index in [0.717, 1.165) is 0 Å². The van der Waals surface area contributed by atoms with Crippen molar-refractivity contribution >= 4 is 17.7 Å². The number of ether oxygens (including phenoxy) is 2. The third-order valence-corrected chi connectivity index (χ3v) is 1.34. The van der Waals surface area contributed by atoms with Crippen molar-refractivity contribution in [2.24, 2.45) is 0 Å². The van der Waals surface area contributed by atoms with Gasteiger partial charge in [-0.15, -0.1) is 0 Å². The molecule has 0 aromatic rings. The minimum atomic E-state index is -0.176. The van der Waals surface area contributed by atoms with Crippen LogP contribution in [0.1, 0.15) is 0 Å². The summed E-state index contributed by atoms with van der Waals surface area (Å²) in [5, 5.41) is 0. The monoisotopic (exact) mass is 164 g/mol. The maximum Gasteiger partial charge on any atom is 0.315 e. The number of esters is 1. The van der Waals surface area contributed by atoms with E-state index in [1.165, 1.54) is 11.8 Å². The zero-order chi connectivity index (χ0) is 7.82. The summed E-state index contributed by atoms with van der Waals surface area (Å²) in [4.78, 5) is 10.6. The van der Waals surface area contributed by atoms with Gasteiger partial charge < -0.3 is 9.47 Å². The Morgan fingerprint density at radius 1 is 1.50 bits per heavy atom. The zero-order valence-electron chi connectivity index (χ0n) is 6.25. The standard InChI is InChI=1S/C6H12O3S/c1-8-3-4-9-6(7)5-10-2/h3-5H2,1-2H3. The van der Waals surface area contributed by atoms with Gasteiger partial charge in [0.05, 0.1) is 12.4 Å². The number of thioether (sulfide) groups is 1. The highest BCUT2D eigenvalue weighted by Gasteiger charge is 1.98. The van der Waals surface area contributed by atoms with Gasteiger partial charge in [0.15, 0.2) is 0 Å². The first-order valence-electron chi connectivity index (χ1n) is 2.94. The fourth-order valence-electron chi connectivity index (χ4n) is 0.398. The fourth-order valence-corrected chi connectivity index (χ4v) is 0.717. The van der Waals surface area contributed by atoms with E-state index in [0.29, 0.717) is 19.0 Å². The second-order valence-electron chi connectivity index (χ2n) is 1.65. The Labute approximate surface area is 65.1 Å². The number of rotatable bonds is 5. The van der Waals surface area contributed by atoms with Gasteiger partial charge in [-0.1, -0.05) is 0 Å². The van der Waals surface area contributed by atoms with Crippen LogP contribution in [0, 0.1) is 0 Å². The molecule has 0 N–H and O–H groups in total. The summed E-state index contributed by atoms with van der Waals surface area (Å²) >= 11 is 1.45. The molecule has 4 heteroatoms. The predicted molar refractivity (Wildman–Crippen MR) is 41.2 cm³/mol. The van der Waals surface area contributed by atoms with Crippen LogP contribution in [0.15, 0.2) is 0 Å². The molecule has 0 rings (SSSR count). The Hall–Kier alpha value is -0.220. The summed E-state index contributed by atoms with van der Waals surface area (Å²) in [6, 6.07) is 0. The van der Waals surface area contributed by atoms with Crippen LogP contribution in [0.25, 0.3) is 0 Å². The molecule has 0 saturated carbocycles. The molecule has 0 aliphatic carbocycles. The highest BCUT2D eigenvalue weighted by molar-refractivity contribution is 7.99.